The van der Waals surface area contributed by atoms with Crippen LogP contribution < -0.4 is 5.32 Å². The number of benzene rings is 1. The van der Waals surface area contributed by atoms with Crippen molar-refractivity contribution in [2.45, 2.75) is 25.1 Å². The lowest BCUT2D eigenvalue weighted by Gasteiger charge is -2.35. The number of halogens is 1. The molecule has 2 aliphatic rings. The molecular formula is C20H24FN3O2S. The minimum absolute atomic E-state index is 0.101. The van der Waals surface area contributed by atoms with E-state index in [9.17, 15) is 14.3 Å². The number of thiophene rings is 1. The van der Waals surface area contributed by atoms with Crippen LogP contribution in [0.3, 0.4) is 0 Å². The smallest absolute Gasteiger partial charge is 0.239 e. The van der Waals surface area contributed by atoms with Gasteiger partial charge >= 0.3 is 0 Å². The van der Waals surface area contributed by atoms with E-state index in [4.69, 9.17) is 0 Å². The molecule has 0 radical (unpaired) electrons. The summed E-state index contributed by atoms with van der Waals surface area (Å²) in [6, 6.07) is 10.7. The van der Waals surface area contributed by atoms with Gasteiger partial charge in [0, 0.05) is 54.6 Å². The van der Waals surface area contributed by atoms with E-state index < -0.39 is 6.10 Å². The molecule has 2 aliphatic heterocycles. The molecule has 0 spiro atoms. The number of aliphatic hydroxyl groups is 1. The lowest BCUT2D eigenvalue weighted by Crippen LogP contribution is -2.52. The highest BCUT2D eigenvalue weighted by Gasteiger charge is 2.32. The van der Waals surface area contributed by atoms with Gasteiger partial charge in [0.2, 0.25) is 5.91 Å². The Morgan fingerprint density at radius 2 is 1.96 bits per heavy atom. The Hall–Kier alpha value is -1.80. The van der Waals surface area contributed by atoms with Gasteiger partial charge in [-0.1, -0.05) is 18.2 Å². The van der Waals surface area contributed by atoms with Crippen molar-refractivity contribution in [3.8, 4) is 10.4 Å². The maximum absolute atomic E-state index is 14.0. The molecule has 1 aromatic heterocycles. The Kier molecular flexibility index (Phi) is 5.54. The third kappa shape index (κ3) is 4.21. The standard InChI is InChI=1S/C20H24FN3O2S/c21-17-4-2-1-3-16(17)19-6-5-15(27-19)13-23-7-9-24(10-8-23)20(26)18-11-14(25)12-22-18/h1-6,14,18,22,25H,7-13H2/t14-,18+/m1/s1. The van der Waals surface area contributed by atoms with E-state index >= 15 is 0 Å². The van der Waals surface area contributed by atoms with Crippen LogP contribution in [-0.2, 0) is 11.3 Å². The molecule has 0 unspecified atom stereocenters. The molecule has 2 saturated heterocycles. The van der Waals surface area contributed by atoms with Crippen LogP contribution in [0.2, 0.25) is 0 Å². The van der Waals surface area contributed by atoms with Crippen molar-refractivity contribution in [2.24, 2.45) is 0 Å². The van der Waals surface area contributed by atoms with Gasteiger partial charge in [-0.3, -0.25) is 9.69 Å². The van der Waals surface area contributed by atoms with Crippen LogP contribution in [0.1, 0.15) is 11.3 Å². The number of carbonyl (C=O) groups excluding carboxylic acids is 1. The summed E-state index contributed by atoms with van der Waals surface area (Å²) in [7, 11) is 0. The average Bonchev–Trinajstić information content (AvgIpc) is 3.31. The Bertz CT molecular complexity index is 804. The van der Waals surface area contributed by atoms with Gasteiger partial charge in [0.15, 0.2) is 0 Å². The fourth-order valence-electron chi connectivity index (χ4n) is 3.74. The van der Waals surface area contributed by atoms with Gasteiger partial charge in [-0.05, 0) is 24.6 Å². The van der Waals surface area contributed by atoms with E-state index in [-0.39, 0.29) is 17.8 Å². The van der Waals surface area contributed by atoms with E-state index in [2.05, 4.69) is 16.3 Å². The van der Waals surface area contributed by atoms with Crippen LogP contribution in [0.15, 0.2) is 36.4 Å². The predicted molar refractivity (Wildman–Crippen MR) is 104 cm³/mol. The first kappa shape index (κ1) is 18.6. The Morgan fingerprint density at radius 1 is 1.19 bits per heavy atom. The monoisotopic (exact) mass is 389 g/mol. The second-order valence-corrected chi connectivity index (χ2v) is 8.37. The number of piperazine rings is 1. The Labute approximate surface area is 162 Å². The van der Waals surface area contributed by atoms with Crippen LogP contribution in [0.4, 0.5) is 4.39 Å². The Balaban J connectivity index is 1.31. The average molecular weight is 389 g/mol. The molecule has 4 rings (SSSR count). The maximum atomic E-state index is 14.0. The van der Waals surface area contributed by atoms with Crippen LogP contribution in [0.25, 0.3) is 10.4 Å². The second kappa shape index (κ2) is 8.06. The van der Waals surface area contributed by atoms with Gasteiger partial charge in [0.1, 0.15) is 5.82 Å². The van der Waals surface area contributed by atoms with Gasteiger partial charge in [-0.2, -0.15) is 0 Å². The molecule has 1 aromatic carbocycles. The van der Waals surface area contributed by atoms with Crippen LogP contribution in [-0.4, -0.2) is 65.7 Å². The quantitative estimate of drug-likeness (QED) is 0.839. The summed E-state index contributed by atoms with van der Waals surface area (Å²) in [5.41, 5.74) is 0.649. The molecule has 144 valence electrons. The molecule has 7 heteroatoms. The number of rotatable bonds is 4. The summed E-state index contributed by atoms with van der Waals surface area (Å²) in [5, 5.41) is 12.7. The SMILES string of the molecule is O=C([C@@H]1C[C@@H](O)CN1)N1CCN(Cc2ccc(-c3ccccc3F)s2)CC1. The molecule has 2 fully saturated rings. The highest BCUT2D eigenvalue weighted by Crippen LogP contribution is 2.30. The predicted octanol–water partition coefficient (Wildman–Crippen LogP) is 1.92. The molecule has 2 aromatic rings. The molecule has 3 heterocycles. The zero-order valence-electron chi connectivity index (χ0n) is 15.1. The number of nitrogens with one attached hydrogen (secondary N) is 1. The van der Waals surface area contributed by atoms with Crippen molar-refractivity contribution in [3.05, 3.63) is 47.1 Å². The van der Waals surface area contributed by atoms with Crippen molar-refractivity contribution < 1.29 is 14.3 Å². The van der Waals surface area contributed by atoms with E-state index in [1.165, 1.54) is 10.9 Å². The molecular weight excluding hydrogens is 365 g/mol. The van der Waals surface area contributed by atoms with Gasteiger partial charge in [0.25, 0.3) is 0 Å². The Morgan fingerprint density at radius 3 is 2.67 bits per heavy atom. The third-order valence-corrected chi connectivity index (χ3v) is 6.37. The summed E-state index contributed by atoms with van der Waals surface area (Å²) >= 11 is 1.62. The first-order chi connectivity index (χ1) is 13.1. The van der Waals surface area contributed by atoms with Crippen molar-refractivity contribution >= 4 is 17.2 Å². The number of carbonyl (C=O) groups is 1. The van der Waals surface area contributed by atoms with Crippen LogP contribution in [0, 0.1) is 5.82 Å². The summed E-state index contributed by atoms with van der Waals surface area (Å²) in [5.74, 6) is -0.0900. The molecule has 27 heavy (non-hydrogen) atoms. The number of hydrogen-bond acceptors (Lipinski definition) is 5. The lowest BCUT2D eigenvalue weighted by atomic mass is 10.1. The fraction of sp³-hybridized carbons (Fsp3) is 0.450. The minimum Gasteiger partial charge on any atom is -0.392 e. The number of aliphatic hydroxyl groups excluding tert-OH is 1. The second-order valence-electron chi connectivity index (χ2n) is 7.20. The first-order valence-electron chi connectivity index (χ1n) is 9.36. The fourth-order valence-corrected chi connectivity index (χ4v) is 4.82. The number of nitrogens with zero attached hydrogens (tertiary/aromatic N) is 2. The van der Waals surface area contributed by atoms with Gasteiger partial charge in [-0.15, -0.1) is 11.3 Å². The van der Waals surface area contributed by atoms with Crippen molar-refractivity contribution in [2.75, 3.05) is 32.7 Å². The summed E-state index contributed by atoms with van der Waals surface area (Å²) in [6.45, 7) is 4.39. The van der Waals surface area contributed by atoms with Crippen LogP contribution in [0.5, 0.6) is 0 Å². The normalized spacial score (nSPS) is 23.7. The van der Waals surface area contributed by atoms with Crippen molar-refractivity contribution in [1.29, 1.82) is 0 Å². The number of β-amino-alcohol motifs (C(OH)–C–C–N with tert-alkyl or cyclic N) is 1. The number of hydrogen-bond donors (Lipinski definition) is 2. The lowest BCUT2D eigenvalue weighted by molar-refractivity contribution is -0.135. The van der Waals surface area contributed by atoms with Gasteiger partial charge in [0.05, 0.1) is 12.1 Å². The zero-order chi connectivity index (χ0) is 18.8. The molecule has 0 aliphatic carbocycles. The molecule has 0 bridgehead atoms. The van der Waals surface area contributed by atoms with Crippen LogP contribution >= 0.6 is 11.3 Å². The van der Waals surface area contributed by atoms with E-state index in [1.54, 1.807) is 17.4 Å². The molecule has 1 amide bonds. The van der Waals surface area contributed by atoms with Gasteiger partial charge < -0.3 is 15.3 Å². The summed E-state index contributed by atoms with van der Waals surface area (Å²) in [4.78, 5) is 18.9. The summed E-state index contributed by atoms with van der Waals surface area (Å²) in [6.07, 6.45) is 0.0929. The molecule has 2 N–H and O–H groups in total. The topological polar surface area (TPSA) is 55.8 Å². The van der Waals surface area contributed by atoms with Crippen molar-refractivity contribution in [3.63, 3.8) is 0 Å². The van der Waals surface area contributed by atoms with E-state index in [0.717, 1.165) is 24.5 Å². The molecule has 2 atom stereocenters. The molecule has 0 saturated carbocycles. The first-order valence-corrected chi connectivity index (χ1v) is 10.2. The van der Waals surface area contributed by atoms with E-state index in [1.807, 2.05) is 23.1 Å². The van der Waals surface area contributed by atoms with E-state index in [0.29, 0.717) is 31.6 Å². The van der Waals surface area contributed by atoms with Crippen molar-refractivity contribution in [1.82, 2.24) is 15.1 Å². The highest BCUT2D eigenvalue weighted by molar-refractivity contribution is 7.15. The zero-order valence-corrected chi connectivity index (χ0v) is 15.9. The molecule has 5 nitrogen and oxygen atoms in total. The largest absolute Gasteiger partial charge is 0.392 e. The number of amides is 1. The highest BCUT2D eigenvalue weighted by atomic mass is 32.1. The minimum atomic E-state index is -0.414. The summed E-state index contributed by atoms with van der Waals surface area (Å²) < 4.78 is 14.0. The van der Waals surface area contributed by atoms with Gasteiger partial charge in [-0.25, -0.2) is 4.39 Å². The third-order valence-electron chi connectivity index (χ3n) is 5.27. The maximum Gasteiger partial charge on any atom is 0.239 e.